The largest absolute Gasteiger partial charge is 0.384 e. The first-order valence-corrected chi connectivity index (χ1v) is 13.7. The third-order valence-corrected chi connectivity index (χ3v) is 7.79. The van der Waals surface area contributed by atoms with E-state index >= 15 is 0 Å². The average molecular weight is 557 g/mol. The molecule has 0 amide bonds. The van der Waals surface area contributed by atoms with Gasteiger partial charge in [-0.3, -0.25) is 8.98 Å². The Kier molecular flexibility index (Phi) is 8.06. The van der Waals surface area contributed by atoms with Crippen molar-refractivity contribution in [1.29, 1.82) is 0 Å². The number of nitrogens with zero attached hydrogens (tertiary/aromatic N) is 2. The minimum atomic E-state index is -3.98. The van der Waals surface area contributed by atoms with Crippen LogP contribution in [0.3, 0.4) is 0 Å². The van der Waals surface area contributed by atoms with Gasteiger partial charge < -0.3 is 10.4 Å². The van der Waals surface area contributed by atoms with E-state index in [9.17, 15) is 18.3 Å². The Morgan fingerprint density at radius 1 is 1.31 bits per heavy atom. The lowest BCUT2D eigenvalue weighted by atomic mass is 10.0. The molecule has 2 aromatic heterocycles. The van der Waals surface area contributed by atoms with Crippen molar-refractivity contribution in [3.63, 3.8) is 0 Å². The van der Waals surface area contributed by atoms with E-state index in [0.717, 1.165) is 24.2 Å². The first-order valence-electron chi connectivity index (χ1n) is 10.6. The summed E-state index contributed by atoms with van der Waals surface area (Å²) in [5.41, 5.74) is 1.23. The molecule has 1 aliphatic rings. The summed E-state index contributed by atoms with van der Waals surface area (Å²) in [7, 11) is -3.98. The smallest absolute Gasteiger partial charge is 0.333 e. The van der Waals surface area contributed by atoms with E-state index in [0.29, 0.717) is 37.6 Å². The summed E-state index contributed by atoms with van der Waals surface area (Å²) in [5.74, 6) is 0.0413. The minimum Gasteiger partial charge on any atom is -0.384 e. The summed E-state index contributed by atoms with van der Waals surface area (Å²) in [6.07, 6.45) is 3.84. The second kappa shape index (κ2) is 10.9. The Balaban J connectivity index is 1.49. The van der Waals surface area contributed by atoms with Crippen LogP contribution in [0.25, 0.3) is 0 Å². The maximum absolute atomic E-state index is 13.3. The van der Waals surface area contributed by atoms with Gasteiger partial charge in [-0.25, -0.2) is 15.1 Å². The van der Waals surface area contributed by atoms with E-state index in [1.807, 2.05) is 0 Å². The van der Waals surface area contributed by atoms with Crippen LogP contribution in [0.1, 0.15) is 51.7 Å². The lowest BCUT2D eigenvalue weighted by molar-refractivity contribution is 0.104. The van der Waals surface area contributed by atoms with Crippen molar-refractivity contribution in [2.75, 3.05) is 11.9 Å². The first-order chi connectivity index (χ1) is 16.6. The van der Waals surface area contributed by atoms with E-state index in [2.05, 4.69) is 15.3 Å². The molecule has 35 heavy (non-hydrogen) atoms. The van der Waals surface area contributed by atoms with Gasteiger partial charge in [0, 0.05) is 22.8 Å². The van der Waals surface area contributed by atoms with Crippen LogP contribution >= 0.6 is 34.5 Å². The number of aromatic nitrogens is 2. The maximum atomic E-state index is 13.3. The number of thiophene rings is 1. The third kappa shape index (κ3) is 6.56. The molecule has 186 valence electrons. The highest BCUT2D eigenvalue weighted by Crippen LogP contribution is 2.37. The Hall–Kier alpha value is -2.12. The number of carbonyl (C=O) groups excluding carboxylic acids is 1. The molecule has 1 aliphatic carbocycles. The van der Waals surface area contributed by atoms with Gasteiger partial charge in [-0.05, 0) is 48.9 Å². The molecule has 4 rings (SSSR count). The number of halogens is 2. The van der Waals surface area contributed by atoms with Gasteiger partial charge in [0.2, 0.25) is 5.78 Å². The predicted octanol–water partition coefficient (Wildman–Crippen LogP) is 3.96. The Morgan fingerprint density at radius 3 is 2.86 bits per heavy atom. The summed E-state index contributed by atoms with van der Waals surface area (Å²) < 4.78 is 27.1. The van der Waals surface area contributed by atoms with Crippen LogP contribution in [0.15, 0.2) is 42.9 Å². The number of hydrogen-bond donors (Lipinski definition) is 3. The van der Waals surface area contributed by atoms with Gasteiger partial charge in [-0.1, -0.05) is 35.3 Å². The van der Waals surface area contributed by atoms with Crippen molar-refractivity contribution < 1.29 is 22.5 Å². The normalized spacial score (nSPS) is 19.0. The van der Waals surface area contributed by atoms with Gasteiger partial charge in [-0.2, -0.15) is 8.42 Å². The van der Waals surface area contributed by atoms with Crippen molar-refractivity contribution in [2.45, 2.75) is 31.4 Å². The lowest BCUT2D eigenvalue weighted by Crippen LogP contribution is -2.22. The number of anilines is 1. The molecule has 3 atom stereocenters. The molecule has 2 heterocycles. The summed E-state index contributed by atoms with van der Waals surface area (Å²) in [6, 6.07) is 8.32. The van der Waals surface area contributed by atoms with Crippen molar-refractivity contribution in [3.8, 4) is 0 Å². The fourth-order valence-electron chi connectivity index (χ4n) is 4.02. The maximum Gasteiger partial charge on any atom is 0.333 e. The molecule has 13 heteroatoms. The molecule has 0 spiro atoms. The molecular formula is C22H22Cl2N4O5S2. The summed E-state index contributed by atoms with van der Waals surface area (Å²) in [4.78, 5) is 21.9. The number of carbonyl (C=O) groups is 1. The standard InChI is InChI=1S/C22H22Cl2N4O5S2/c23-14-3-1-2-13(7-14)19(29)16-8-18(34-21(16)24)20(30)17-9-26-11-27-22(17)28-15-5-4-12(6-15)10-33-35(25,31)32/h1-3,7-9,11-12,15,19,29H,4-6,10H2,(H2,25,31,32)(H,26,27,28)/t12-,15+,19?/m1/s1. The Bertz CT molecular complexity index is 1330. The molecule has 0 radical (unpaired) electrons. The Morgan fingerprint density at radius 2 is 2.11 bits per heavy atom. The first kappa shape index (κ1) is 26.0. The molecule has 1 aromatic carbocycles. The van der Waals surface area contributed by atoms with E-state index in [1.54, 1.807) is 30.3 Å². The summed E-state index contributed by atoms with van der Waals surface area (Å²) in [6.45, 7) is 0.0119. The van der Waals surface area contributed by atoms with Crippen LogP contribution in [0, 0.1) is 5.92 Å². The molecule has 1 saturated carbocycles. The van der Waals surface area contributed by atoms with Crippen molar-refractivity contribution >= 4 is 56.4 Å². The summed E-state index contributed by atoms with van der Waals surface area (Å²) >= 11 is 13.5. The van der Waals surface area contributed by atoms with Crippen LogP contribution in [0.4, 0.5) is 5.82 Å². The molecule has 0 saturated heterocycles. The van der Waals surface area contributed by atoms with E-state index < -0.39 is 16.4 Å². The fraction of sp³-hybridized carbons (Fsp3) is 0.318. The van der Waals surface area contributed by atoms with Crippen molar-refractivity contribution in [1.82, 2.24) is 9.97 Å². The van der Waals surface area contributed by atoms with E-state index in [4.69, 9.17) is 32.5 Å². The van der Waals surface area contributed by atoms with Crippen molar-refractivity contribution in [3.05, 3.63) is 73.8 Å². The van der Waals surface area contributed by atoms with Crippen LogP contribution < -0.4 is 10.5 Å². The number of rotatable bonds is 9. The minimum absolute atomic E-state index is 0.0119. The number of hydrogen-bond acceptors (Lipinski definition) is 9. The molecule has 9 nitrogen and oxygen atoms in total. The van der Waals surface area contributed by atoms with Gasteiger partial charge in [0.1, 0.15) is 18.2 Å². The topological polar surface area (TPSA) is 144 Å². The van der Waals surface area contributed by atoms with Crippen molar-refractivity contribution in [2.24, 2.45) is 11.1 Å². The molecule has 0 aliphatic heterocycles. The van der Waals surface area contributed by atoms with Gasteiger partial charge >= 0.3 is 10.3 Å². The summed E-state index contributed by atoms with van der Waals surface area (Å²) in [5, 5.41) is 19.4. The number of nitrogens with one attached hydrogen (secondary N) is 1. The lowest BCUT2D eigenvalue weighted by Gasteiger charge is -2.15. The van der Waals surface area contributed by atoms with Gasteiger partial charge in [0.05, 0.1) is 21.4 Å². The third-order valence-electron chi connectivity index (χ3n) is 5.70. The molecule has 1 unspecified atom stereocenters. The second-order valence-electron chi connectivity index (χ2n) is 8.21. The number of nitrogens with two attached hydrogens (primary N) is 1. The SMILES string of the molecule is NS(=O)(=O)OC[C@@H]1CC[C@H](Nc2ncncc2C(=O)c2cc(C(O)c3cccc(Cl)c3)c(Cl)s2)C1. The van der Waals surface area contributed by atoms with E-state index in [-0.39, 0.29) is 29.9 Å². The number of aliphatic hydroxyl groups excluding tert-OH is 1. The highest BCUT2D eigenvalue weighted by Gasteiger charge is 2.28. The number of benzene rings is 1. The quantitative estimate of drug-likeness (QED) is 0.336. The van der Waals surface area contributed by atoms with Crippen LogP contribution in [-0.2, 0) is 14.5 Å². The van der Waals surface area contributed by atoms with Gasteiger partial charge in [-0.15, -0.1) is 11.3 Å². The predicted molar refractivity (Wildman–Crippen MR) is 134 cm³/mol. The average Bonchev–Trinajstić information content (AvgIpc) is 3.43. The van der Waals surface area contributed by atoms with Gasteiger partial charge in [0.15, 0.2) is 0 Å². The zero-order valence-corrected chi connectivity index (χ0v) is 21.4. The number of ketones is 1. The fourth-order valence-corrected chi connectivity index (χ4v) is 5.88. The highest BCUT2D eigenvalue weighted by atomic mass is 35.5. The second-order valence-corrected chi connectivity index (χ2v) is 11.5. The molecular weight excluding hydrogens is 535 g/mol. The zero-order valence-electron chi connectivity index (χ0n) is 18.2. The monoisotopic (exact) mass is 556 g/mol. The molecule has 3 aromatic rings. The molecule has 0 bridgehead atoms. The Labute approximate surface area is 216 Å². The highest BCUT2D eigenvalue weighted by molar-refractivity contribution is 7.84. The van der Waals surface area contributed by atoms with Crippen LogP contribution in [-0.4, -0.2) is 41.9 Å². The molecule has 4 N–H and O–H groups in total. The van der Waals surface area contributed by atoms with Crippen LogP contribution in [0.5, 0.6) is 0 Å². The van der Waals surface area contributed by atoms with E-state index in [1.165, 1.54) is 12.5 Å². The van der Waals surface area contributed by atoms with Gasteiger partial charge in [0.25, 0.3) is 0 Å². The number of aliphatic hydroxyl groups is 1. The molecule has 1 fully saturated rings. The van der Waals surface area contributed by atoms with Crippen LogP contribution in [0.2, 0.25) is 9.36 Å². The zero-order chi connectivity index (χ0) is 25.2.